The highest BCUT2D eigenvalue weighted by molar-refractivity contribution is 5.31. The van der Waals surface area contributed by atoms with Gasteiger partial charge in [0.15, 0.2) is 0 Å². The Labute approximate surface area is 142 Å². The zero-order valence-corrected chi connectivity index (χ0v) is 14.3. The zero-order chi connectivity index (χ0) is 16.9. The SMILES string of the molecule is Cc1noc(C)c1COC1CCN(CCc2ccc(C#N)cc2)C1. The molecule has 2 heterocycles. The van der Waals surface area contributed by atoms with Gasteiger partial charge in [-0.15, -0.1) is 0 Å². The van der Waals surface area contributed by atoms with Gasteiger partial charge in [-0.2, -0.15) is 5.26 Å². The number of nitriles is 1. The number of rotatable bonds is 6. The summed E-state index contributed by atoms with van der Waals surface area (Å²) < 4.78 is 11.2. The molecule has 5 nitrogen and oxygen atoms in total. The minimum atomic E-state index is 0.277. The van der Waals surface area contributed by atoms with Crippen LogP contribution in [0.4, 0.5) is 0 Å². The second-order valence-corrected chi connectivity index (χ2v) is 6.38. The summed E-state index contributed by atoms with van der Waals surface area (Å²) in [5.41, 5.74) is 3.98. The van der Waals surface area contributed by atoms with Crippen molar-refractivity contribution in [1.29, 1.82) is 5.26 Å². The van der Waals surface area contributed by atoms with E-state index in [0.717, 1.165) is 49.5 Å². The number of benzene rings is 1. The van der Waals surface area contributed by atoms with E-state index in [4.69, 9.17) is 14.5 Å². The van der Waals surface area contributed by atoms with E-state index in [1.54, 1.807) is 0 Å². The molecule has 1 aliphatic rings. The van der Waals surface area contributed by atoms with Crippen LogP contribution in [0.15, 0.2) is 28.8 Å². The molecule has 24 heavy (non-hydrogen) atoms. The summed E-state index contributed by atoms with van der Waals surface area (Å²) in [5.74, 6) is 0.850. The number of aromatic nitrogens is 1. The maximum Gasteiger partial charge on any atom is 0.139 e. The van der Waals surface area contributed by atoms with Crippen molar-refractivity contribution in [3.05, 3.63) is 52.4 Å². The van der Waals surface area contributed by atoms with Crippen molar-refractivity contribution < 1.29 is 9.26 Å². The Balaban J connectivity index is 1.43. The fraction of sp³-hybridized carbons (Fsp3) is 0.474. The monoisotopic (exact) mass is 325 g/mol. The second kappa shape index (κ2) is 7.61. The topological polar surface area (TPSA) is 62.3 Å². The first-order valence-corrected chi connectivity index (χ1v) is 8.40. The molecule has 0 radical (unpaired) electrons. The van der Waals surface area contributed by atoms with E-state index >= 15 is 0 Å². The van der Waals surface area contributed by atoms with Gasteiger partial charge in [0, 0.05) is 25.2 Å². The smallest absolute Gasteiger partial charge is 0.139 e. The lowest BCUT2D eigenvalue weighted by atomic mass is 10.1. The van der Waals surface area contributed by atoms with Gasteiger partial charge in [-0.25, -0.2) is 0 Å². The molecular weight excluding hydrogens is 302 g/mol. The molecule has 5 heteroatoms. The quantitative estimate of drug-likeness (QED) is 0.817. The lowest BCUT2D eigenvalue weighted by Crippen LogP contribution is -2.25. The van der Waals surface area contributed by atoms with E-state index < -0.39 is 0 Å². The molecule has 1 atom stereocenters. The van der Waals surface area contributed by atoms with Crippen LogP contribution in [0.5, 0.6) is 0 Å². The molecule has 0 amide bonds. The van der Waals surface area contributed by atoms with E-state index in [0.29, 0.717) is 12.2 Å². The molecule has 1 fully saturated rings. The van der Waals surface area contributed by atoms with Crippen molar-refractivity contribution in [2.24, 2.45) is 0 Å². The molecule has 0 bridgehead atoms. The normalized spacial score (nSPS) is 18.0. The molecule has 0 spiro atoms. The summed E-state index contributed by atoms with van der Waals surface area (Å²) in [7, 11) is 0. The number of hydrogen-bond acceptors (Lipinski definition) is 5. The first-order valence-electron chi connectivity index (χ1n) is 8.40. The first-order chi connectivity index (χ1) is 11.7. The predicted molar refractivity (Wildman–Crippen MR) is 90.5 cm³/mol. The summed E-state index contributed by atoms with van der Waals surface area (Å²) in [6, 6.07) is 10.0. The maximum absolute atomic E-state index is 8.83. The molecular formula is C19H23N3O2. The fourth-order valence-electron chi connectivity index (χ4n) is 3.08. The Bertz CT molecular complexity index is 696. The van der Waals surface area contributed by atoms with Crippen molar-refractivity contribution in [2.45, 2.75) is 39.4 Å². The van der Waals surface area contributed by atoms with Crippen LogP contribution in [-0.4, -0.2) is 35.8 Å². The van der Waals surface area contributed by atoms with Gasteiger partial charge >= 0.3 is 0 Å². The predicted octanol–water partition coefficient (Wildman–Crippen LogP) is 3.00. The van der Waals surface area contributed by atoms with Crippen LogP contribution < -0.4 is 0 Å². The van der Waals surface area contributed by atoms with Crippen LogP contribution in [0.2, 0.25) is 0 Å². The largest absolute Gasteiger partial charge is 0.372 e. The summed E-state index contributed by atoms with van der Waals surface area (Å²) in [4.78, 5) is 2.44. The second-order valence-electron chi connectivity index (χ2n) is 6.38. The number of likely N-dealkylation sites (tertiary alicyclic amines) is 1. The Morgan fingerprint density at radius 1 is 1.33 bits per heavy atom. The van der Waals surface area contributed by atoms with Crippen molar-refractivity contribution in [1.82, 2.24) is 10.1 Å². The fourth-order valence-corrected chi connectivity index (χ4v) is 3.08. The van der Waals surface area contributed by atoms with E-state index in [1.165, 1.54) is 5.56 Å². The van der Waals surface area contributed by atoms with E-state index in [-0.39, 0.29) is 6.10 Å². The summed E-state index contributed by atoms with van der Waals surface area (Å²) >= 11 is 0. The summed E-state index contributed by atoms with van der Waals surface area (Å²) in [5, 5.41) is 12.8. The average molecular weight is 325 g/mol. The van der Waals surface area contributed by atoms with Crippen LogP contribution >= 0.6 is 0 Å². The van der Waals surface area contributed by atoms with Crippen molar-refractivity contribution in [2.75, 3.05) is 19.6 Å². The van der Waals surface area contributed by atoms with Crippen LogP contribution in [-0.2, 0) is 17.8 Å². The molecule has 3 rings (SSSR count). The Morgan fingerprint density at radius 3 is 2.79 bits per heavy atom. The zero-order valence-electron chi connectivity index (χ0n) is 14.3. The van der Waals surface area contributed by atoms with Gasteiger partial charge < -0.3 is 14.2 Å². The minimum Gasteiger partial charge on any atom is -0.372 e. The minimum absolute atomic E-state index is 0.277. The lowest BCUT2D eigenvalue weighted by Gasteiger charge is -2.16. The van der Waals surface area contributed by atoms with E-state index in [1.807, 2.05) is 38.1 Å². The van der Waals surface area contributed by atoms with Crippen LogP contribution in [0, 0.1) is 25.2 Å². The molecule has 2 aromatic rings. The molecule has 1 aromatic heterocycles. The first kappa shape index (κ1) is 16.7. The van der Waals surface area contributed by atoms with Crippen molar-refractivity contribution in [3.63, 3.8) is 0 Å². The molecule has 1 saturated heterocycles. The van der Waals surface area contributed by atoms with Gasteiger partial charge in [0.25, 0.3) is 0 Å². The third kappa shape index (κ3) is 4.02. The number of aryl methyl sites for hydroxylation is 2. The molecule has 0 N–H and O–H groups in total. The molecule has 126 valence electrons. The van der Waals surface area contributed by atoms with Crippen molar-refractivity contribution >= 4 is 0 Å². The van der Waals surface area contributed by atoms with E-state index in [9.17, 15) is 0 Å². The Kier molecular flexibility index (Phi) is 5.29. The summed E-state index contributed by atoms with van der Waals surface area (Å²) in [6.07, 6.45) is 2.35. The van der Waals surface area contributed by atoms with Crippen LogP contribution in [0.3, 0.4) is 0 Å². The summed E-state index contributed by atoms with van der Waals surface area (Å²) in [6.45, 7) is 7.53. The highest BCUT2D eigenvalue weighted by atomic mass is 16.5. The molecule has 1 aromatic carbocycles. The van der Waals surface area contributed by atoms with Crippen LogP contribution in [0.25, 0.3) is 0 Å². The number of nitrogens with zero attached hydrogens (tertiary/aromatic N) is 3. The van der Waals surface area contributed by atoms with Gasteiger partial charge in [0.2, 0.25) is 0 Å². The standard InChI is InChI=1S/C19H23N3O2/c1-14-19(15(2)24-21-14)13-23-18-8-10-22(12-18)9-7-16-3-5-17(11-20)6-4-16/h3-6,18H,7-10,12-13H2,1-2H3. The molecule has 0 aliphatic carbocycles. The van der Waals surface area contributed by atoms with Crippen molar-refractivity contribution in [3.8, 4) is 6.07 Å². The molecule has 1 aliphatic heterocycles. The lowest BCUT2D eigenvalue weighted by molar-refractivity contribution is 0.0459. The van der Waals surface area contributed by atoms with E-state index in [2.05, 4.69) is 16.1 Å². The number of ether oxygens (including phenoxy) is 1. The molecule has 0 saturated carbocycles. The third-order valence-electron chi connectivity index (χ3n) is 4.67. The Morgan fingerprint density at radius 2 is 2.12 bits per heavy atom. The Hall–Kier alpha value is -2.16. The maximum atomic E-state index is 8.83. The number of hydrogen-bond donors (Lipinski definition) is 0. The van der Waals surface area contributed by atoms with Gasteiger partial charge in [-0.05, 0) is 44.4 Å². The van der Waals surface area contributed by atoms with Gasteiger partial charge in [-0.1, -0.05) is 17.3 Å². The van der Waals surface area contributed by atoms with Crippen LogP contribution in [0.1, 0.15) is 34.6 Å². The van der Waals surface area contributed by atoms with Gasteiger partial charge in [0.1, 0.15) is 5.76 Å². The highest BCUT2D eigenvalue weighted by Crippen LogP contribution is 2.18. The third-order valence-corrected chi connectivity index (χ3v) is 4.67. The average Bonchev–Trinajstić information content (AvgIpc) is 3.18. The molecule has 1 unspecified atom stereocenters. The highest BCUT2D eigenvalue weighted by Gasteiger charge is 2.23. The van der Waals surface area contributed by atoms with Gasteiger partial charge in [0.05, 0.1) is 30.0 Å². The van der Waals surface area contributed by atoms with Gasteiger partial charge in [-0.3, -0.25) is 0 Å².